The summed E-state index contributed by atoms with van der Waals surface area (Å²) < 4.78 is 5.31. The summed E-state index contributed by atoms with van der Waals surface area (Å²) in [7, 11) is 0. The summed E-state index contributed by atoms with van der Waals surface area (Å²) in [6, 6.07) is 10.3. The van der Waals surface area contributed by atoms with E-state index in [0.29, 0.717) is 5.92 Å². The molecule has 1 aliphatic heterocycles. The van der Waals surface area contributed by atoms with Gasteiger partial charge in [-0.15, -0.1) is 11.8 Å². The summed E-state index contributed by atoms with van der Waals surface area (Å²) >= 11 is 1.81. The number of carbonyl (C=O) groups is 1. The van der Waals surface area contributed by atoms with Crippen LogP contribution in [0.15, 0.2) is 35.2 Å². The van der Waals surface area contributed by atoms with Crippen molar-refractivity contribution < 1.29 is 9.53 Å². The van der Waals surface area contributed by atoms with Crippen molar-refractivity contribution in [3.8, 4) is 0 Å². The average molecular weight is 250 g/mol. The molecule has 1 aromatic rings. The number of esters is 1. The molecule has 0 aliphatic carbocycles. The fourth-order valence-electron chi connectivity index (χ4n) is 2.29. The third kappa shape index (κ3) is 2.83. The number of rotatable bonds is 4. The van der Waals surface area contributed by atoms with Gasteiger partial charge in [0.25, 0.3) is 0 Å². The first-order valence-corrected chi connectivity index (χ1v) is 7.09. The van der Waals surface area contributed by atoms with Gasteiger partial charge in [-0.1, -0.05) is 25.1 Å². The molecule has 1 heterocycles. The fraction of sp³-hybridized carbons (Fsp3) is 0.500. The van der Waals surface area contributed by atoms with Crippen LogP contribution < -0.4 is 0 Å². The molecule has 0 radical (unpaired) electrons. The number of benzene rings is 1. The van der Waals surface area contributed by atoms with Crippen LogP contribution in [0.25, 0.3) is 0 Å². The van der Waals surface area contributed by atoms with Gasteiger partial charge in [0.05, 0.1) is 5.92 Å². The molecule has 1 aromatic carbocycles. The Bertz CT molecular complexity index is 377. The van der Waals surface area contributed by atoms with Gasteiger partial charge in [-0.05, 0) is 25.5 Å². The van der Waals surface area contributed by atoms with E-state index in [1.165, 1.54) is 4.90 Å². The highest BCUT2D eigenvalue weighted by molar-refractivity contribution is 7.99. The molecule has 0 bridgehead atoms. The van der Waals surface area contributed by atoms with Crippen molar-refractivity contribution in [1.29, 1.82) is 0 Å². The van der Waals surface area contributed by atoms with Crippen LogP contribution in [-0.2, 0) is 9.53 Å². The fourth-order valence-corrected chi connectivity index (χ4v) is 3.53. The van der Waals surface area contributed by atoms with Gasteiger partial charge in [-0.3, -0.25) is 4.79 Å². The molecule has 0 amide bonds. The second kappa shape index (κ2) is 5.58. The number of hydrogen-bond acceptors (Lipinski definition) is 3. The topological polar surface area (TPSA) is 26.3 Å². The standard InChI is InChI=1S/C14H18O2S/c1-3-12-13(10(2)16-14(12)15)9-17-11-7-5-4-6-8-11/h4-8,10,12-13H,3,9H2,1-2H3. The monoisotopic (exact) mass is 250 g/mol. The molecule has 1 saturated heterocycles. The van der Waals surface area contributed by atoms with Gasteiger partial charge in [0, 0.05) is 16.6 Å². The normalized spacial score (nSPS) is 28.1. The summed E-state index contributed by atoms with van der Waals surface area (Å²) in [5, 5.41) is 0. The van der Waals surface area contributed by atoms with Gasteiger partial charge in [0.1, 0.15) is 6.10 Å². The van der Waals surface area contributed by atoms with E-state index in [9.17, 15) is 4.79 Å². The van der Waals surface area contributed by atoms with E-state index in [2.05, 4.69) is 19.1 Å². The Morgan fingerprint density at radius 1 is 1.29 bits per heavy atom. The van der Waals surface area contributed by atoms with Crippen molar-refractivity contribution in [3.63, 3.8) is 0 Å². The predicted molar refractivity (Wildman–Crippen MR) is 70.0 cm³/mol. The summed E-state index contributed by atoms with van der Waals surface area (Å²) in [6.45, 7) is 4.06. The molecule has 0 saturated carbocycles. The molecule has 3 atom stereocenters. The molecule has 0 aromatic heterocycles. The van der Waals surface area contributed by atoms with Gasteiger partial charge in [-0.25, -0.2) is 0 Å². The lowest BCUT2D eigenvalue weighted by Crippen LogP contribution is -2.20. The SMILES string of the molecule is CCC1C(=O)OC(C)C1CSc1ccccc1. The second-order valence-corrected chi connectivity index (χ2v) is 5.54. The van der Waals surface area contributed by atoms with Gasteiger partial charge in [0.2, 0.25) is 0 Å². The van der Waals surface area contributed by atoms with E-state index in [1.807, 2.05) is 36.9 Å². The van der Waals surface area contributed by atoms with E-state index in [4.69, 9.17) is 4.74 Å². The highest BCUT2D eigenvalue weighted by Gasteiger charge is 2.40. The van der Waals surface area contributed by atoms with Crippen molar-refractivity contribution in [2.24, 2.45) is 11.8 Å². The summed E-state index contributed by atoms with van der Waals surface area (Å²) in [4.78, 5) is 12.9. The number of thioether (sulfide) groups is 1. The van der Waals surface area contributed by atoms with E-state index in [0.717, 1.165) is 12.2 Å². The number of hydrogen-bond donors (Lipinski definition) is 0. The first kappa shape index (κ1) is 12.5. The van der Waals surface area contributed by atoms with Gasteiger partial charge < -0.3 is 4.74 Å². The smallest absolute Gasteiger partial charge is 0.309 e. The van der Waals surface area contributed by atoms with E-state index >= 15 is 0 Å². The van der Waals surface area contributed by atoms with Gasteiger partial charge in [-0.2, -0.15) is 0 Å². The first-order valence-electron chi connectivity index (χ1n) is 6.10. The van der Waals surface area contributed by atoms with E-state index in [-0.39, 0.29) is 18.0 Å². The highest BCUT2D eigenvalue weighted by atomic mass is 32.2. The Balaban J connectivity index is 1.96. The lowest BCUT2D eigenvalue weighted by atomic mass is 9.91. The zero-order valence-electron chi connectivity index (χ0n) is 10.3. The van der Waals surface area contributed by atoms with E-state index in [1.54, 1.807) is 0 Å². The van der Waals surface area contributed by atoms with Crippen molar-refractivity contribution in [2.75, 3.05) is 5.75 Å². The Labute approximate surface area is 107 Å². The minimum absolute atomic E-state index is 0.0151. The van der Waals surface area contributed by atoms with Crippen molar-refractivity contribution in [2.45, 2.75) is 31.3 Å². The van der Waals surface area contributed by atoms with Crippen molar-refractivity contribution in [3.05, 3.63) is 30.3 Å². The maximum Gasteiger partial charge on any atom is 0.309 e. The molecule has 3 unspecified atom stereocenters. The molecule has 92 valence electrons. The summed E-state index contributed by atoms with van der Waals surface area (Å²) in [6.07, 6.45) is 0.937. The minimum Gasteiger partial charge on any atom is -0.462 e. The molecule has 1 fully saturated rings. The summed E-state index contributed by atoms with van der Waals surface area (Å²) in [5.41, 5.74) is 0. The Kier molecular flexibility index (Phi) is 4.11. The van der Waals surface area contributed by atoms with Crippen LogP contribution in [-0.4, -0.2) is 17.8 Å². The van der Waals surface area contributed by atoms with Crippen molar-refractivity contribution in [1.82, 2.24) is 0 Å². The Morgan fingerprint density at radius 2 is 2.00 bits per heavy atom. The lowest BCUT2D eigenvalue weighted by molar-refractivity contribution is -0.143. The van der Waals surface area contributed by atoms with Crippen LogP contribution in [0.4, 0.5) is 0 Å². The summed E-state index contributed by atoms with van der Waals surface area (Å²) in [5.74, 6) is 1.37. The first-order chi connectivity index (χ1) is 8.22. The highest BCUT2D eigenvalue weighted by Crippen LogP contribution is 2.35. The quantitative estimate of drug-likeness (QED) is 0.605. The van der Waals surface area contributed by atoms with Crippen LogP contribution in [0.3, 0.4) is 0 Å². The number of ether oxygens (including phenoxy) is 1. The third-order valence-corrected chi connectivity index (χ3v) is 4.51. The minimum atomic E-state index is -0.0151. The van der Waals surface area contributed by atoms with Crippen LogP contribution in [0.5, 0.6) is 0 Å². The lowest BCUT2D eigenvalue weighted by Gasteiger charge is -2.16. The van der Waals surface area contributed by atoms with Gasteiger partial charge in [0.15, 0.2) is 0 Å². The predicted octanol–water partition coefficient (Wildman–Crippen LogP) is 3.37. The van der Waals surface area contributed by atoms with Crippen LogP contribution in [0, 0.1) is 11.8 Å². The molecule has 0 spiro atoms. The zero-order chi connectivity index (χ0) is 12.3. The Hall–Kier alpha value is -0.960. The molecule has 3 heteroatoms. The zero-order valence-corrected chi connectivity index (χ0v) is 11.1. The second-order valence-electron chi connectivity index (χ2n) is 4.44. The Morgan fingerprint density at radius 3 is 2.65 bits per heavy atom. The molecule has 2 nitrogen and oxygen atoms in total. The van der Waals surface area contributed by atoms with Gasteiger partial charge >= 0.3 is 5.97 Å². The van der Waals surface area contributed by atoms with Crippen LogP contribution in [0.2, 0.25) is 0 Å². The average Bonchev–Trinajstić information content (AvgIpc) is 2.62. The van der Waals surface area contributed by atoms with Crippen molar-refractivity contribution >= 4 is 17.7 Å². The van der Waals surface area contributed by atoms with Crippen LogP contribution >= 0.6 is 11.8 Å². The third-order valence-electron chi connectivity index (χ3n) is 3.35. The number of carbonyl (C=O) groups excluding carboxylic acids is 1. The molecule has 2 rings (SSSR count). The molecule has 1 aliphatic rings. The molecular weight excluding hydrogens is 232 g/mol. The van der Waals surface area contributed by atoms with E-state index < -0.39 is 0 Å². The maximum absolute atomic E-state index is 11.6. The maximum atomic E-state index is 11.6. The van der Waals surface area contributed by atoms with Crippen LogP contribution in [0.1, 0.15) is 20.3 Å². The number of cyclic esters (lactones) is 1. The molecule has 17 heavy (non-hydrogen) atoms. The molecular formula is C14H18O2S. The largest absolute Gasteiger partial charge is 0.462 e. The molecule has 0 N–H and O–H groups in total.